The Labute approximate surface area is 212 Å². The standard InChI is InChI=1S/C26H25F2N7O2/c1-30-16-25(36)35-10-8-34(9-11-35)20-5-3-19(4-6-20)33-24-13-23(21(15-32-24)26(29)37)31-14-17-12-18(27)2-7-22(17)28/h2-7,12-13,15H,8-11,14,16H2,(H2,29,37)(H2,31,32,33). The Morgan fingerprint density at radius 1 is 1.05 bits per heavy atom. The molecule has 1 saturated heterocycles. The summed E-state index contributed by atoms with van der Waals surface area (Å²) in [6.07, 6.45) is 1.32. The molecule has 3 aromatic rings. The van der Waals surface area contributed by atoms with E-state index in [4.69, 9.17) is 12.3 Å². The van der Waals surface area contributed by atoms with Crippen LogP contribution in [0, 0.1) is 18.2 Å². The molecule has 4 rings (SSSR count). The van der Waals surface area contributed by atoms with Crippen molar-refractivity contribution in [3.05, 3.63) is 88.9 Å². The third-order valence-electron chi connectivity index (χ3n) is 6.00. The zero-order valence-corrected chi connectivity index (χ0v) is 19.9. The van der Waals surface area contributed by atoms with E-state index in [9.17, 15) is 18.4 Å². The summed E-state index contributed by atoms with van der Waals surface area (Å²) in [5, 5.41) is 6.10. The predicted molar refractivity (Wildman–Crippen MR) is 136 cm³/mol. The fraction of sp³-hybridized carbons (Fsp3) is 0.231. The van der Waals surface area contributed by atoms with Gasteiger partial charge in [-0.15, -0.1) is 0 Å². The number of rotatable bonds is 8. The van der Waals surface area contributed by atoms with Crippen molar-refractivity contribution in [1.82, 2.24) is 9.88 Å². The van der Waals surface area contributed by atoms with Crippen LogP contribution < -0.4 is 21.3 Å². The number of benzene rings is 2. The first-order chi connectivity index (χ1) is 17.8. The topological polar surface area (TPSA) is 108 Å². The molecule has 0 unspecified atom stereocenters. The second-order valence-corrected chi connectivity index (χ2v) is 8.42. The SMILES string of the molecule is [C-]#[N+]CC(=O)N1CCN(c2ccc(Nc3cc(NCc4cc(F)ccc4F)c(C(N)=O)cn3)cc2)CC1. The Kier molecular flexibility index (Phi) is 7.78. The number of nitrogens with one attached hydrogen (secondary N) is 2. The lowest BCUT2D eigenvalue weighted by atomic mass is 10.1. The average molecular weight is 506 g/mol. The first-order valence-electron chi connectivity index (χ1n) is 11.5. The first kappa shape index (κ1) is 25.4. The molecule has 2 heterocycles. The quantitative estimate of drug-likeness (QED) is 0.405. The van der Waals surface area contributed by atoms with Crippen molar-refractivity contribution in [1.29, 1.82) is 0 Å². The number of nitrogens with zero attached hydrogens (tertiary/aromatic N) is 4. The molecule has 0 spiro atoms. The number of aromatic nitrogens is 1. The van der Waals surface area contributed by atoms with Gasteiger partial charge < -0.3 is 31.0 Å². The molecule has 1 aliphatic rings. The van der Waals surface area contributed by atoms with Gasteiger partial charge in [0, 0.05) is 61.9 Å². The molecule has 9 nitrogen and oxygen atoms in total. The van der Waals surface area contributed by atoms with Crippen molar-refractivity contribution in [3.8, 4) is 0 Å². The molecular weight excluding hydrogens is 480 g/mol. The summed E-state index contributed by atoms with van der Waals surface area (Å²) in [4.78, 5) is 35.0. The number of pyridine rings is 1. The van der Waals surface area contributed by atoms with Gasteiger partial charge in [0.05, 0.1) is 11.3 Å². The molecular formula is C26H25F2N7O2. The molecule has 190 valence electrons. The normalized spacial score (nSPS) is 13.1. The number of halogens is 2. The molecule has 0 bridgehead atoms. The molecule has 1 fully saturated rings. The van der Waals surface area contributed by atoms with Gasteiger partial charge >= 0.3 is 5.91 Å². The van der Waals surface area contributed by atoms with Crippen LogP contribution in [-0.4, -0.2) is 54.4 Å². The van der Waals surface area contributed by atoms with Gasteiger partial charge in [-0.05, 0) is 42.5 Å². The van der Waals surface area contributed by atoms with Crippen LogP contribution in [0.3, 0.4) is 0 Å². The van der Waals surface area contributed by atoms with Gasteiger partial charge in [-0.25, -0.2) is 20.3 Å². The Hall–Kier alpha value is -4.72. The number of piperazine rings is 1. The number of amides is 2. The Balaban J connectivity index is 1.42. The van der Waals surface area contributed by atoms with Gasteiger partial charge in [0.15, 0.2) is 0 Å². The number of nitrogens with two attached hydrogens (primary N) is 1. The summed E-state index contributed by atoms with van der Waals surface area (Å²) in [5.41, 5.74) is 7.75. The van der Waals surface area contributed by atoms with Crippen LogP contribution in [0.1, 0.15) is 15.9 Å². The van der Waals surface area contributed by atoms with Gasteiger partial charge in [0.2, 0.25) is 0 Å². The Bertz CT molecular complexity index is 1330. The van der Waals surface area contributed by atoms with E-state index in [2.05, 4.69) is 25.4 Å². The monoisotopic (exact) mass is 505 g/mol. The van der Waals surface area contributed by atoms with E-state index in [0.29, 0.717) is 37.7 Å². The van der Waals surface area contributed by atoms with Crippen LogP contribution in [0.2, 0.25) is 0 Å². The third kappa shape index (κ3) is 6.29. The van der Waals surface area contributed by atoms with Crippen LogP contribution in [-0.2, 0) is 11.3 Å². The highest BCUT2D eigenvalue weighted by Gasteiger charge is 2.22. The maximum atomic E-state index is 14.0. The molecule has 1 aromatic heterocycles. The second kappa shape index (κ2) is 11.3. The highest BCUT2D eigenvalue weighted by molar-refractivity contribution is 5.98. The minimum Gasteiger partial charge on any atom is -0.380 e. The minimum atomic E-state index is -0.707. The van der Waals surface area contributed by atoms with E-state index in [1.54, 1.807) is 11.0 Å². The number of hydrogen-bond acceptors (Lipinski definition) is 6. The van der Waals surface area contributed by atoms with Crippen molar-refractivity contribution in [2.24, 2.45) is 5.73 Å². The van der Waals surface area contributed by atoms with E-state index >= 15 is 0 Å². The summed E-state index contributed by atoms with van der Waals surface area (Å²) in [7, 11) is 0. The minimum absolute atomic E-state index is 0.0568. The second-order valence-electron chi connectivity index (χ2n) is 8.42. The van der Waals surface area contributed by atoms with Crippen LogP contribution in [0.15, 0.2) is 54.7 Å². The van der Waals surface area contributed by atoms with Gasteiger partial charge in [0.1, 0.15) is 17.5 Å². The molecule has 37 heavy (non-hydrogen) atoms. The number of carbonyl (C=O) groups is 2. The van der Waals surface area contributed by atoms with Crippen LogP contribution >= 0.6 is 0 Å². The molecule has 0 aliphatic carbocycles. The van der Waals surface area contributed by atoms with E-state index in [-0.39, 0.29) is 30.1 Å². The first-order valence-corrected chi connectivity index (χ1v) is 11.5. The van der Waals surface area contributed by atoms with Crippen molar-refractivity contribution >= 4 is 34.7 Å². The molecule has 0 atom stereocenters. The van der Waals surface area contributed by atoms with E-state index in [0.717, 1.165) is 29.6 Å². The fourth-order valence-electron chi connectivity index (χ4n) is 4.02. The zero-order chi connectivity index (χ0) is 26.4. The lowest BCUT2D eigenvalue weighted by molar-refractivity contribution is -0.129. The number of carbonyl (C=O) groups excluding carboxylic acids is 2. The summed E-state index contributed by atoms with van der Waals surface area (Å²) >= 11 is 0. The molecule has 1 aliphatic heterocycles. The molecule has 2 amide bonds. The van der Waals surface area contributed by atoms with Gasteiger partial charge in [0.25, 0.3) is 12.5 Å². The zero-order valence-electron chi connectivity index (χ0n) is 19.9. The van der Waals surface area contributed by atoms with E-state index < -0.39 is 17.5 Å². The largest absolute Gasteiger partial charge is 0.380 e. The lowest BCUT2D eigenvalue weighted by Crippen LogP contribution is -2.49. The molecule has 0 saturated carbocycles. The fourth-order valence-corrected chi connectivity index (χ4v) is 4.02. The van der Waals surface area contributed by atoms with E-state index in [1.807, 2.05) is 24.3 Å². The highest BCUT2D eigenvalue weighted by atomic mass is 19.1. The average Bonchev–Trinajstić information content (AvgIpc) is 2.90. The number of anilines is 4. The van der Waals surface area contributed by atoms with Gasteiger partial charge in [-0.2, -0.15) is 0 Å². The summed E-state index contributed by atoms with van der Waals surface area (Å²) in [6, 6.07) is 12.4. The van der Waals surface area contributed by atoms with Crippen LogP contribution in [0.4, 0.5) is 31.7 Å². The maximum Gasteiger partial charge on any atom is 0.302 e. The van der Waals surface area contributed by atoms with Gasteiger partial charge in [-0.1, -0.05) is 0 Å². The summed E-state index contributed by atoms with van der Waals surface area (Å²) in [6.45, 7) is 9.16. The molecule has 11 heteroatoms. The van der Waals surface area contributed by atoms with Crippen molar-refractivity contribution < 1.29 is 18.4 Å². The smallest absolute Gasteiger partial charge is 0.302 e. The van der Waals surface area contributed by atoms with Crippen molar-refractivity contribution in [2.45, 2.75) is 6.54 Å². The lowest BCUT2D eigenvalue weighted by Gasteiger charge is -2.35. The van der Waals surface area contributed by atoms with Crippen LogP contribution in [0.25, 0.3) is 4.85 Å². The predicted octanol–water partition coefficient (Wildman–Crippen LogP) is 3.38. The Morgan fingerprint density at radius 3 is 2.46 bits per heavy atom. The summed E-state index contributed by atoms with van der Waals surface area (Å²) < 4.78 is 27.5. The molecule has 0 radical (unpaired) electrons. The highest BCUT2D eigenvalue weighted by Crippen LogP contribution is 2.25. The number of primary amides is 1. The Morgan fingerprint density at radius 2 is 1.78 bits per heavy atom. The van der Waals surface area contributed by atoms with E-state index in [1.165, 1.54) is 6.20 Å². The van der Waals surface area contributed by atoms with Crippen molar-refractivity contribution in [3.63, 3.8) is 0 Å². The summed E-state index contributed by atoms with van der Waals surface area (Å²) in [5.74, 6) is -1.56. The van der Waals surface area contributed by atoms with Gasteiger partial charge in [-0.3, -0.25) is 9.59 Å². The maximum absolute atomic E-state index is 14.0. The van der Waals surface area contributed by atoms with Crippen LogP contribution in [0.5, 0.6) is 0 Å². The number of hydrogen-bond donors (Lipinski definition) is 3. The molecule has 4 N–H and O–H groups in total. The van der Waals surface area contributed by atoms with Crippen molar-refractivity contribution in [2.75, 3.05) is 48.3 Å². The third-order valence-corrected chi connectivity index (χ3v) is 6.00. The molecule has 2 aromatic carbocycles.